The third-order valence-electron chi connectivity index (χ3n) is 12.5. The summed E-state index contributed by atoms with van der Waals surface area (Å²) >= 11 is 0. The van der Waals surface area contributed by atoms with E-state index in [1.807, 2.05) is 0 Å². The number of hydrogen-bond donors (Lipinski definition) is 0. The fourth-order valence-electron chi connectivity index (χ4n) is 8.99. The minimum Gasteiger partial charge on any atom is -0.318 e. The van der Waals surface area contributed by atoms with Crippen molar-refractivity contribution in [2.45, 2.75) is 99.8 Å². The van der Waals surface area contributed by atoms with Gasteiger partial charge in [0.15, 0.2) is 11.4 Å². The summed E-state index contributed by atoms with van der Waals surface area (Å²) in [6.45, 7) is 18.1. The van der Waals surface area contributed by atoms with E-state index in [4.69, 9.17) is 0 Å². The van der Waals surface area contributed by atoms with Crippen LogP contribution in [0.4, 0.5) is 0 Å². The lowest BCUT2D eigenvalue weighted by atomic mass is 9.89. The van der Waals surface area contributed by atoms with Crippen LogP contribution in [0.15, 0.2) is 132 Å². The Labute approximate surface area is 329 Å². The second-order valence-corrected chi connectivity index (χ2v) is 16.1. The first-order valence-corrected chi connectivity index (χ1v) is 20.7. The number of aryl methyl sites for hydroxylation is 3. The van der Waals surface area contributed by atoms with E-state index in [0.29, 0.717) is 5.92 Å². The Morgan fingerprint density at radius 2 is 1.35 bits per heavy atom. The summed E-state index contributed by atoms with van der Waals surface area (Å²) in [5.74, 6) is 0.539. The van der Waals surface area contributed by atoms with Gasteiger partial charge in [-0.1, -0.05) is 130 Å². The summed E-state index contributed by atoms with van der Waals surface area (Å²) < 4.78 is 5.01. The van der Waals surface area contributed by atoms with Gasteiger partial charge >= 0.3 is 7.55 Å². The molecule has 0 spiro atoms. The van der Waals surface area contributed by atoms with Crippen molar-refractivity contribution in [3.05, 3.63) is 171 Å². The van der Waals surface area contributed by atoms with Crippen molar-refractivity contribution in [2.24, 2.45) is 0 Å². The Balaban J connectivity index is 0.000000551. The molecular weight excluding hydrogens is 663 g/mol. The van der Waals surface area contributed by atoms with Crippen molar-refractivity contribution in [1.29, 1.82) is 0 Å². The molecule has 3 aliphatic rings. The van der Waals surface area contributed by atoms with Gasteiger partial charge in [0.05, 0.1) is 11.1 Å². The second-order valence-electron chi connectivity index (χ2n) is 16.1. The smallest absolute Gasteiger partial charge is 0.318 e. The van der Waals surface area contributed by atoms with Gasteiger partial charge in [-0.15, -0.1) is 0 Å². The maximum Gasteiger partial charge on any atom is 0.700 e. The summed E-state index contributed by atoms with van der Waals surface area (Å²) in [5, 5.41) is 5.24. The van der Waals surface area contributed by atoms with Crippen LogP contribution in [0.25, 0.3) is 38.4 Å². The van der Waals surface area contributed by atoms with Crippen LogP contribution in [0.3, 0.4) is 0 Å². The van der Waals surface area contributed by atoms with Crippen molar-refractivity contribution in [3.63, 3.8) is 0 Å². The molecule has 0 bridgehead atoms. The molecule has 0 N–H and O–H groups in total. The summed E-state index contributed by atoms with van der Waals surface area (Å²) in [6, 6.07) is 38.8. The summed E-state index contributed by atoms with van der Waals surface area (Å²) in [6.07, 6.45) is 9.69. The number of nitrogens with zero attached hydrogens (tertiary/aromatic N) is 2. The second kappa shape index (κ2) is 15.2. The number of allylic oxidation sites excluding steroid dienone is 4. The van der Waals surface area contributed by atoms with Crippen LogP contribution in [0.1, 0.15) is 119 Å². The highest BCUT2D eigenvalue weighted by atomic mass is 15.1. The summed E-state index contributed by atoms with van der Waals surface area (Å²) in [5.41, 5.74) is 20.3. The van der Waals surface area contributed by atoms with Gasteiger partial charge in [0.1, 0.15) is 0 Å². The Kier molecular flexibility index (Phi) is 10.2. The van der Waals surface area contributed by atoms with Gasteiger partial charge in [-0.3, -0.25) is 4.49 Å². The predicted octanol–water partition coefficient (Wildman–Crippen LogP) is 13.7. The molecule has 2 nitrogen and oxygen atoms in total. The van der Waals surface area contributed by atoms with Crippen LogP contribution in [0, 0.1) is 13.8 Å². The number of fused-ring (bicyclic) bond motifs is 4. The molecule has 1 fully saturated rings. The van der Waals surface area contributed by atoms with Crippen LogP contribution >= 0.6 is 0 Å². The van der Waals surface area contributed by atoms with Crippen molar-refractivity contribution in [3.8, 4) is 11.3 Å². The molecule has 1 saturated carbocycles. The molecule has 1 unspecified atom stereocenters. The van der Waals surface area contributed by atoms with E-state index in [9.17, 15) is 0 Å². The first kappa shape index (κ1) is 36.8. The molecular formula is C52H55BN2+. The van der Waals surface area contributed by atoms with Gasteiger partial charge in [-0.25, -0.2) is 0 Å². The lowest BCUT2D eigenvalue weighted by Gasteiger charge is -2.21. The van der Waals surface area contributed by atoms with E-state index >= 15 is 0 Å². The standard InChI is InChI=1S/C45H43BN2.C7H12/c1-7-28(4)33-22-24-36(25-23-33)43-39-26-31(8-2)44(37-20-12-18-34-16-10-14-29(5)41(34)37)47(39)46-48-40(43)27-32(9-3)45(48)38-21-13-19-35-17-11-15-30(6)42(35)38;1-6(2)7-4-3-5-7/h10-28H,7-9H2,1-6H3;3-5H2,1-2H3/q+1;. The molecule has 1 atom stereocenters. The zero-order valence-electron chi connectivity index (χ0n) is 34.2. The van der Waals surface area contributed by atoms with E-state index < -0.39 is 0 Å². The van der Waals surface area contributed by atoms with E-state index in [1.165, 1.54) is 114 Å². The first-order valence-electron chi connectivity index (χ1n) is 20.7. The Hall–Kier alpha value is -5.15. The number of rotatable bonds is 7. The lowest BCUT2D eigenvalue weighted by Crippen LogP contribution is -2.33. The molecule has 275 valence electrons. The van der Waals surface area contributed by atoms with Crippen molar-refractivity contribution < 1.29 is 4.49 Å². The van der Waals surface area contributed by atoms with Crippen LogP contribution in [-0.2, 0) is 6.42 Å². The van der Waals surface area contributed by atoms with E-state index in [1.54, 1.807) is 11.1 Å². The Morgan fingerprint density at radius 1 is 0.745 bits per heavy atom. The largest absolute Gasteiger partial charge is 0.700 e. The monoisotopic (exact) mass is 718 g/mol. The van der Waals surface area contributed by atoms with Crippen LogP contribution in [0.5, 0.6) is 0 Å². The van der Waals surface area contributed by atoms with Gasteiger partial charge in [-0.2, -0.15) is 0 Å². The van der Waals surface area contributed by atoms with Gasteiger partial charge in [-0.05, 0) is 134 Å². The van der Waals surface area contributed by atoms with Gasteiger partial charge in [0.2, 0.25) is 0 Å². The van der Waals surface area contributed by atoms with E-state index in [2.05, 4.69) is 181 Å². The van der Waals surface area contributed by atoms with Gasteiger partial charge in [0.25, 0.3) is 0 Å². The molecule has 55 heavy (non-hydrogen) atoms. The molecule has 3 heteroatoms. The predicted molar refractivity (Wildman–Crippen MR) is 237 cm³/mol. The normalized spacial score (nSPS) is 15.3. The van der Waals surface area contributed by atoms with Gasteiger partial charge in [0, 0.05) is 28.6 Å². The van der Waals surface area contributed by atoms with Crippen LogP contribution < -0.4 is 0 Å². The van der Waals surface area contributed by atoms with Crippen molar-refractivity contribution in [1.82, 2.24) is 4.48 Å². The fourth-order valence-corrected chi connectivity index (χ4v) is 8.99. The van der Waals surface area contributed by atoms with Crippen LogP contribution in [-0.4, -0.2) is 22.2 Å². The number of hydrogen-bond acceptors (Lipinski definition) is 0. The molecule has 2 aliphatic heterocycles. The average Bonchev–Trinajstić information content (AvgIpc) is 3.73. The minimum absolute atomic E-state index is 0.539. The summed E-state index contributed by atoms with van der Waals surface area (Å²) in [7, 11) is 2.39. The SMILES string of the molecule is CC(C)=C1CCC1.CCC1=CC2=C(c3ccc(C(C)CC)cc3)c3cc(CC)c(-c4cccc5cccc(C)c45)n3[B][N+]2=C1c1cccc2cccc(C)c12. The minimum atomic E-state index is 0.539. The molecule has 1 aromatic heterocycles. The molecule has 5 aromatic carbocycles. The number of aromatic nitrogens is 1. The third kappa shape index (κ3) is 6.46. The molecule has 3 heterocycles. The maximum atomic E-state index is 2.51. The molecule has 6 aromatic rings. The van der Waals surface area contributed by atoms with E-state index in [-0.39, 0.29) is 0 Å². The quantitative estimate of drug-likeness (QED) is 0.115. The average molecular weight is 719 g/mol. The fraction of sp³-hybridized carbons (Fsp3) is 0.288. The topological polar surface area (TPSA) is 7.94 Å². The van der Waals surface area contributed by atoms with Crippen LogP contribution in [0.2, 0.25) is 0 Å². The molecule has 0 saturated heterocycles. The number of benzene rings is 5. The molecule has 0 amide bonds. The molecule has 1 aliphatic carbocycles. The highest BCUT2D eigenvalue weighted by molar-refractivity contribution is 6.33. The Bertz CT molecular complexity index is 2570. The first-order chi connectivity index (χ1) is 26.7. The molecule has 1 radical (unpaired) electrons. The van der Waals surface area contributed by atoms with Gasteiger partial charge < -0.3 is 4.48 Å². The van der Waals surface area contributed by atoms with Crippen molar-refractivity contribution >= 4 is 40.4 Å². The lowest BCUT2D eigenvalue weighted by molar-refractivity contribution is -0.312. The highest BCUT2D eigenvalue weighted by Gasteiger charge is 2.42. The van der Waals surface area contributed by atoms with Crippen molar-refractivity contribution in [2.75, 3.05) is 0 Å². The van der Waals surface area contributed by atoms with E-state index in [0.717, 1.165) is 19.3 Å². The third-order valence-corrected chi connectivity index (χ3v) is 12.5. The summed E-state index contributed by atoms with van der Waals surface area (Å²) in [4.78, 5) is 0. The zero-order chi connectivity index (χ0) is 38.4. The maximum absolute atomic E-state index is 2.51. The Morgan fingerprint density at radius 3 is 1.87 bits per heavy atom. The highest BCUT2D eigenvalue weighted by Crippen LogP contribution is 2.43. The zero-order valence-corrected chi connectivity index (χ0v) is 34.2. The molecule has 9 rings (SSSR count).